The van der Waals surface area contributed by atoms with Gasteiger partial charge < -0.3 is 4.74 Å². The molecule has 0 aromatic carbocycles. The molecule has 0 amide bonds. The van der Waals surface area contributed by atoms with Crippen LogP contribution in [0.4, 0.5) is 4.39 Å². The van der Waals surface area contributed by atoms with Gasteiger partial charge in [-0.15, -0.1) is 0 Å². The van der Waals surface area contributed by atoms with E-state index in [1.807, 2.05) is 0 Å². The molecular formula is C8H7FO3. The molecule has 3 nitrogen and oxygen atoms in total. The molecule has 1 aliphatic rings. The van der Waals surface area contributed by atoms with Crippen LogP contribution in [0.15, 0.2) is 23.2 Å². The van der Waals surface area contributed by atoms with Gasteiger partial charge in [-0.05, 0) is 0 Å². The number of aldehydes is 1. The Hall–Kier alpha value is -1.45. The first kappa shape index (κ1) is 8.64. The molecule has 1 rings (SSSR count). The summed E-state index contributed by atoms with van der Waals surface area (Å²) in [4.78, 5) is 21.1. The Morgan fingerprint density at radius 1 is 1.67 bits per heavy atom. The molecule has 4 heteroatoms. The fourth-order valence-electron chi connectivity index (χ4n) is 0.947. The maximum Gasteiger partial charge on any atom is 0.208 e. The maximum atomic E-state index is 12.9. The number of hydrogen-bond donors (Lipinski definition) is 0. The van der Waals surface area contributed by atoms with E-state index in [0.717, 1.165) is 0 Å². The lowest BCUT2D eigenvalue weighted by atomic mass is 10.0. The molecule has 0 bridgehead atoms. The Balaban J connectivity index is 3.11. The van der Waals surface area contributed by atoms with E-state index in [1.54, 1.807) is 0 Å². The first-order valence-corrected chi connectivity index (χ1v) is 3.33. The van der Waals surface area contributed by atoms with E-state index >= 15 is 0 Å². The van der Waals surface area contributed by atoms with Crippen molar-refractivity contribution in [2.45, 2.75) is 6.42 Å². The van der Waals surface area contributed by atoms with Gasteiger partial charge in [0.15, 0.2) is 17.8 Å². The Bertz CT molecular complexity index is 289. The normalized spacial score (nSPS) is 17.5. The summed E-state index contributed by atoms with van der Waals surface area (Å²) in [5.41, 5.74) is 0.0922. The lowest BCUT2D eigenvalue weighted by molar-refractivity contribution is -0.116. The van der Waals surface area contributed by atoms with Crippen molar-refractivity contribution in [1.29, 1.82) is 0 Å². The van der Waals surface area contributed by atoms with Crippen molar-refractivity contribution in [3.63, 3.8) is 0 Å². The van der Waals surface area contributed by atoms with Gasteiger partial charge >= 0.3 is 0 Å². The second kappa shape index (κ2) is 3.30. The van der Waals surface area contributed by atoms with Crippen LogP contribution in [-0.4, -0.2) is 19.2 Å². The van der Waals surface area contributed by atoms with E-state index < -0.39 is 11.6 Å². The Labute approximate surface area is 68.5 Å². The summed E-state index contributed by atoms with van der Waals surface area (Å²) in [5.74, 6) is -1.89. The molecule has 0 saturated heterocycles. The maximum absolute atomic E-state index is 12.9. The van der Waals surface area contributed by atoms with E-state index in [0.29, 0.717) is 6.29 Å². The molecular weight excluding hydrogens is 163 g/mol. The first-order chi connectivity index (χ1) is 5.70. The molecule has 0 aromatic rings. The van der Waals surface area contributed by atoms with Crippen LogP contribution in [0.1, 0.15) is 6.42 Å². The number of carbonyl (C=O) groups excluding carboxylic acids is 2. The van der Waals surface area contributed by atoms with Crippen LogP contribution in [-0.2, 0) is 14.3 Å². The fraction of sp³-hybridized carbons (Fsp3) is 0.250. The summed E-state index contributed by atoms with van der Waals surface area (Å²) in [6.45, 7) is 0. The number of carbonyl (C=O) groups is 2. The summed E-state index contributed by atoms with van der Waals surface area (Å²) < 4.78 is 17.4. The minimum absolute atomic E-state index is 0.0766. The van der Waals surface area contributed by atoms with Crippen LogP contribution in [0.3, 0.4) is 0 Å². The Morgan fingerprint density at radius 2 is 2.33 bits per heavy atom. The fourth-order valence-corrected chi connectivity index (χ4v) is 0.947. The minimum atomic E-state index is -0.970. The minimum Gasteiger partial charge on any atom is -0.493 e. The van der Waals surface area contributed by atoms with Crippen LogP contribution in [0.2, 0.25) is 0 Å². The molecule has 1 aliphatic carbocycles. The summed E-state index contributed by atoms with van der Waals surface area (Å²) in [6, 6.07) is 0. The second-order valence-electron chi connectivity index (χ2n) is 2.25. The quantitative estimate of drug-likeness (QED) is 0.578. The molecule has 0 atom stereocenters. The molecule has 0 radical (unpaired) electrons. The third-order valence-electron chi connectivity index (χ3n) is 1.54. The Morgan fingerprint density at radius 3 is 2.83 bits per heavy atom. The molecule has 0 aromatic heterocycles. The lowest BCUT2D eigenvalue weighted by Crippen LogP contribution is -2.10. The van der Waals surface area contributed by atoms with Gasteiger partial charge in [-0.1, -0.05) is 6.08 Å². The molecule has 0 N–H and O–H groups in total. The van der Waals surface area contributed by atoms with Gasteiger partial charge in [0.2, 0.25) is 5.83 Å². The number of allylic oxidation sites excluding steroid dienone is 3. The summed E-state index contributed by atoms with van der Waals surface area (Å²) in [7, 11) is 1.21. The van der Waals surface area contributed by atoms with Gasteiger partial charge in [0.05, 0.1) is 12.7 Å². The van der Waals surface area contributed by atoms with Crippen molar-refractivity contribution in [2.24, 2.45) is 0 Å². The standard InChI is InChI=1S/C8H7FO3/c1-12-8-5(4-10)2-3-6(11)7(8)9/h2,4H,3H2,1H3. The van der Waals surface area contributed by atoms with Crippen LogP contribution in [0.5, 0.6) is 0 Å². The number of hydrogen-bond acceptors (Lipinski definition) is 3. The van der Waals surface area contributed by atoms with Crippen molar-refractivity contribution in [3.8, 4) is 0 Å². The van der Waals surface area contributed by atoms with Crippen LogP contribution in [0.25, 0.3) is 0 Å². The predicted molar refractivity (Wildman–Crippen MR) is 38.9 cm³/mol. The van der Waals surface area contributed by atoms with Gasteiger partial charge in [-0.25, -0.2) is 0 Å². The van der Waals surface area contributed by atoms with Crippen LogP contribution in [0, 0.1) is 0 Å². The van der Waals surface area contributed by atoms with E-state index in [-0.39, 0.29) is 17.8 Å². The topological polar surface area (TPSA) is 43.4 Å². The van der Waals surface area contributed by atoms with Crippen molar-refractivity contribution in [3.05, 3.63) is 23.2 Å². The number of rotatable bonds is 2. The van der Waals surface area contributed by atoms with Crippen LogP contribution >= 0.6 is 0 Å². The molecule has 12 heavy (non-hydrogen) atoms. The highest BCUT2D eigenvalue weighted by molar-refractivity contribution is 6.00. The zero-order valence-corrected chi connectivity index (χ0v) is 6.46. The van der Waals surface area contributed by atoms with Crippen molar-refractivity contribution < 1.29 is 18.7 Å². The number of methoxy groups -OCH3 is 1. The zero-order chi connectivity index (χ0) is 9.14. The van der Waals surface area contributed by atoms with Crippen LogP contribution < -0.4 is 0 Å². The average molecular weight is 170 g/mol. The smallest absolute Gasteiger partial charge is 0.208 e. The summed E-state index contributed by atoms with van der Waals surface area (Å²) in [6.07, 6.45) is 1.73. The Kier molecular flexibility index (Phi) is 2.38. The van der Waals surface area contributed by atoms with Crippen molar-refractivity contribution in [2.75, 3.05) is 7.11 Å². The number of Topliss-reactive ketones (excluding diaryl/α,β-unsaturated/α-hetero) is 1. The molecule has 0 saturated carbocycles. The third kappa shape index (κ3) is 1.28. The summed E-state index contributed by atoms with van der Waals surface area (Å²) >= 11 is 0. The lowest BCUT2D eigenvalue weighted by Gasteiger charge is -2.10. The largest absolute Gasteiger partial charge is 0.493 e. The molecule has 0 heterocycles. The number of halogens is 1. The van der Waals surface area contributed by atoms with E-state index in [9.17, 15) is 14.0 Å². The highest BCUT2D eigenvalue weighted by Crippen LogP contribution is 2.22. The van der Waals surface area contributed by atoms with Crippen molar-refractivity contribution in [1.82, 2.24) is 0 Å². The van der Waals surface area contributed by atoms with Crippen molar-refractivity contribution >= 4 is 12.1 Å². The molecule has 64 valence electrons. The highest BCUT2D eigenvalue weighted by Gasteiger charge is 2.22. The summed E-state index contributed by atoms with van der Waals surface area (Å²) in [5, 5.41) is 0. The average Bonchev–Trinajstić information content (AvgIpc) is 2.09. The predicted octanol–water partition coefficient (Wildman–Crippen LogP) is 0.912. The van der Waals surface area contributed by atoms with E-state index in [1.165, 1.54) is 13.2 Å². The highest BCUT2D eigenvalue weighted by atomic mass is 19.1. The SMILES string of the molecule is COC1=C(F)C(=O)CC=C1C=O. The number of ketones is 1. The molecule has 0 aliphatic heterocycles. The van der Waals surface area contributed by atoms with E-state index in [4.69, 9.17) is 0 Å². The molecule has 0 spiro atoms. The first-order valence-electron chi connectivity index (χ1n) is 3.33. The second-order valence-corrected chi connectivity index (χ2v) is 2.25. The molecule has 0 unspecified atom stereocenters. The number of ether oxygens (including phenoxy) is 1. The third-order valence-corrected chi connectivity index (χ3v) is 1.54. The van der Waals surface area contributed by atoms with Gasteiger partial charge in [0.25, 0.3) is 0 Å². The van der Waals surface area contributed by atoms with Gasteiger partial charge in [0.1, 0.15) is 0 Å². The van der Waals surface area contributed by atoms with Gasteiger partial charge in [-0.2, -0.15) is 4.39 Å². The van der Waals surface area contributed by atoms with Gasteiger partial charge in [0, 0.05) is 6.42 Å². The monoisotopic (exact) mass is 170 g/mol. The van der Waals surface area contributed by atoms with Gasteiger partial charge in [-0.3, -0.25) is 9.59 Å². The molecule has 0 fully saturated rings. The zero-order valence-electron chi connectivity index (χ0n) is 6.46. The van der Waals surface area contributed by atoms with E-state index in [2.05, 4.69) is 4.74 Å².